The third-order valence-electron chi connectivity index (χ3n) is 3.67. The maximum absolute atomic E-state index is 12.5. The molecule has 150 valence electrons. The van der Waals surface area contributed by atoms with Crippen molar-refractivity contribution >= 4 is 27.5 Å². The summed E-state index contributed by atoms with van der Waals surface area (Å²) < 4.78 is 35.9. The molecular weight excluding hydrogens is 386 g/mol. The Hall–Kier alpha value is -3.11. The van der Waals surface area contributed by atoms with Crippen LogP contribution < -0.4 is 20.5 Å². The number of nitrogens with zero attached hydrogens (tertiary/aromatic N) is 1. The van der Waals surface area contributed by atoms with Crippen molar-refractivity contribution in [3.8, 4) is 11.5 Å². The lowest BCUT2D eigenvalue weighted by atomic mass is 10.2. The van der Waals surface area contributed by atoms with E-state index < -0.39 is 21.8 Å². The van der Waals surface area contributed by atoms with E-state index in [2.05, 4.69) is 5.32 Å². The summed E-state index contributed by atoms with van der Waals surface area (Å²) in [6.07, 6.45) is 0. The molecule has 9 nitrogen and oxygen atoms in total. The zero-order valence-corrected chi connectivity index (χ0v) is 16.4. The quantitative estimate of drug-likeness (QED) is 0.673. The minimum atomic E-state index is -3.62. The van der Waals surface area contributed by atoms with Gasteiger partial charge in [-0.05, 0) is 36.4 Å². The summed E-state index contributed by atoms with van der Waals surface area (Å²) in [5.74, 6) is -0.606. The largest absolute Gasteiger partial charge is 0.493 e. The van der Waals surface area contributed by atoms with Crippen molar-refractivity contribution in [2.75, 3.05) is 33.1 Å². The van der Waals surface area contributed by atoms with Gasteiger partial charge in [0, 0.05) is 25.3 Å². The lowest BCUT2D eigenvalue weighted by Gasteiger charge is -2.13. The molecule has 0 bridgehead atoms. The van der Waals surface area contributed by atoms with Gasteiger partial charge in [-0.3, -0.25) is 9.59 Å². The second kappa shape index (κ2) is 8.72. The average Bonchev–Trinajstić information content (AvgIpc) is 2.66. The van der Waals surface area contributed by atoms with Crippen LogP contribution in [0.15, 0.2) is 47.4 Å². The molecule has 2 aromatic rings. The lowest BCUT2D eigenvalue weighted by molar-refractivity contribution is -0.119. The number of rotatable bonds is 8. The van der Waals surface area contributed by atoms with Crippen LogP contribution in [-0.2, 0) is 14.8 Å². The highest BCUT2D eigenvalue weighted by molar-refractivity contribution is 7.89. The maximum atomic E-state index is 12.5. The predicted molar refractivity (Wildman–Crippen MR) is 103 cm³/mol. The normalized spacial score (nSPS) is 11.1. The summed E-state index contributed by atoms with van der Waals surface area (Å²) in [6.45, 7) is -0.324. The van der Waals surface area contributed by atoms with Crippen molar-refractivity contribution in [1.82, 2.24) is 4.31 Å². The van der Waals surface area contributed by atoms with Crippen LogP contribution in [0, 0.1) is 0 Å². The number of carbonyl (C=O) groups is 2. The molecule has 10 heteroatoms. The van der Waals surface area contributed by atoms with E-state index in [-0.39, 0.29) is 28.6 Å². The molecule has 0 spiro atoms. The summed E-state index contributed by atoms with van der Waals surface area (Å²) in [5, 5.41) is 2.64. The molecule has 0 aliphatic carbocycles. The number of amides is 2. The van der Waals surface area contributed by atoms with Crippen molar-refractivity contribution in [2.24, 2.45) is 5.73 Å². The number of methoxy groups -OCH3 is 1. The Labute approximate surface area is 163 Å². The van der Waals surface area contributed by atoms with Gasteiger partial charge in [0.2, 0.25) is 10.0 Å². The van der Waals surface area contributed by atoms with Gasteiger partial charge in [-0.25, -0.2) is 12.7 Å². The molecule has 0 saturated heterocycles. The van der Waals surface area contributed by atoms with Gasteiger partial charge in [-0.1, -0.05) is 6.07 Å². The summed E-state index contributed by atoms with van der Waals surface area (Å²) in [4.78, 5) is 23.4. The Bertz CT molecular complexity index is 989. The highest BCUT2D eigenvalue weighted by atomic mass is 32.2. The highest BCUT2D eigenvalue weighted by Crippen LogP contribution is 2.28. The second-order valence-corrected chi connectivity index (χ2v) is 8.04. The molecule has 2 rings (SSSR count). The maximum Gasteiger partial charge on any atom is 0.255 e. The fourth-order valence-electron chi connectivity index (χ4n) is 2.23. The fourth-order valence-corrected chi connectivity index (χ4v) is 3.17. The molecule has 3 N–H and O–H groups in total. The number of benzene rings is 2. The van der Waals surface area contributed by atoms with E-state index >= 15 is 0 Å². The smallest absolute Gasteiger partial charge is 0.255 e. The van der Waals surface area contributed by atoms with E-state index in [1.54, 1.807) is 6.07 Å². The minimum absolute atomic E-state index is 0.0584. The van der Waals surface area contributed by atoms with E-state index in [1.807, 2.05) is 0 Å². The minimum Gasteiger partial charge on any atom is -0.493 e. The first-order valence-corrected chi connectivity index (χ1v) is 9.52. The number of sulfonamides is 1. The Balaban J connectivity index is 2.22. The van der Waals surface area contributed by atoms with Gasteiger partial charge >= 0.3 is 0 Å². The Kier molecular flexibility index (Phi) is 6.60. The van der Waals surface area contributed by atoms with Gasteiger partial charge < -0.3 is 20.5 Å². The molecule has 0 saturated carbocycles. The monoisotopic (exact) mass is 407 g/mol. The number of nitrogens with two attached hydrogens (primary N) is 1. The average molecular weight is 407 g/mol. The van der Waals surface area contributed by atoms with Crippen molar-refractivity contribution in [1.29, 1.82) is 0 Å². The van der Waals surface area contributed by atoms with Gasteiger partial charge in [0.25, 0.3) is 11.8 Å². The molecule has 0 fully saturated rings. The van der Waals surface area contributed by atoms with E-state index in [0.717, 1.165) is 4.31 Å². The number of anilines is 1. The van der Waals surface area contributed by atoms with Gasteiger partial charge in [0.05, 0.1) is 12.0 Å². The summed E-state index contributed by atoms with van der Waals surface area (Å²) in [5.41, 5.74) is 5.62. The molecule has 0 aliphatic heterocycles. The molecule has 28 heavy (non-hydrogen) atoms. The molecular formula is C18H21N3O6S. The molecule has 0 heterocycles. The van der Waals surface area contributed by atoms with Crippen molar-refractivity contribution in [3.05, 3.63) is 48.0 Å². The number of hydrogen-bond donors (Lipinski definition) is 2. The number of nitrogens with one attached hydrogen (secondary N) is 1. The Morgan fingerprint density at radius 2 is 1.82 bits per heavy atom. The topological polar surface area (TPSA) is 128 Å². The van der Waals surface area contributed by atoms with E-state index in [0.29, 0.717) is 5.69 Å². The van der Waals surface area contributed by atoms with Crippen LogP contribution in [-0.4, -0.2) is 52.3 Å². The van der Waals surface area contributed by atoms with Crippen molar-refractivity contribution < 1.29 is 27.5 Å². The third-order valence-corrected chi connectivity index (χ3v) is 5.48. The Morgan fingerprint density at radius 3 is 2.43 bits per heavy atom. The number of carbonyl (C=O) groups excluding carboxylic acids is 2. The first-order chi connectivity index (χ1) is 13.1. The SMILES string of the molecule is COc1cc(C(=O)Nc2cccc(S(=O)(=O)N(C)C)c2)ccc1OCC(N)=O. The van der Waals surface area contributed by atoms with E-state index in [1.165, 1.54) is 57.6 Å². The number of primary amides is 1. The van der Waals surface area contributed by atoms with E-state index in [4.69, 9.17) is 15.2 Å². The van der Waals surface area contributed by atoms with Gasteiger partial charge in [0.1, 0.15) is 0 Å². The summed E-state index contributed by atoms with van der Waals surface area (Å²) >= 11 is 0. The van der Waals surface area contributed by atoms with Gasteiger partial charge in [-0.15, -0.1) is 0 Å². The molecule has 0 aromatic heterocycles. The molecule has 0 atom stereocenters. The lowest BCUT2D eigenvalue weighted by Crippen LogP contribution is -2.22. The molecule has 0 aliphatic rings. The number of ether oxygens (including phenoxy) is 2. The summed E-state index contributed by atoms with van der Waals surface area (Å²) in [6, 6.07) is 10.3. The zero-order chi connectivity index (χ0) is 20.9. The van der Waals surface area contributed by atoms with Crippen molar-refractivity contribution in [3.63, 3.8) is 0 Å². The van der Waals surface area contributed by atoms with Crippen LogP contribution >= 0.6 is 0 Å². The van der Waals surface area contributed by atoms with Crippen LogP contribution in [0.2, 0.25) is 0 Å². The van der Waals surface area contributed by atoms with Crippen LogP contribution in [0.5, 0.6) is 11.5 Å². The van der Waals surface area contributed by atoms with Crippen LogP contribution in [0.1, 0.15) is 10.4 Å². The third kappa shape index (κ3) is 4.99. The molecule has 2 amide bonds. The molecule has 0 unspecified atom stereocenters. The second-order valence-electron chi connectivity index (χ2n) is 5.89. The fraction of sp³-hybridized carbons (Fsp3) is 0.222. The van der Waals surface area contributed by atoms with Crippen LogP contribution in [0.25, 0.3) is 0 Å². The standard InChI is InChI=1S/C18H21N3O6S/c1-21(2)28(24,25)14-6-4-5-13(10-14)20-18(23)12-7-8-15(16(9-12)26-3)27-11-17(19)22/h4-10H,11H2,1-3H3,(H2,19,22)(H,20,23). The van der Waals surface area contributed by atoms with Gasteiger partial charge in [-0.2, -0.15) is 0 Å². The highest BCUT2D eigenvalue weighted by Gasteiger charge is 2.18. The first-order valence-electron chi connectivity index (χ1n) is 8.08. The molecule has 2 aromatic carbocycles. The van der Waals surface area contributed by atoms with Crippen LogP contribution in [0.3, 0.4) is 0 Å². The molecule has 0 radical (unpaired) electrons. The van der Waals surface area contributed by atoms with E-state index in [9.17, 15) is 18.0 Å². The number of hydrogen-bond acceptors (Lipinski definition) is 6. The first kappa shape index (κ1) is 21.2. The Morgan fingerprint density at radius 1 is 1.11 bits per heavy atom. The predicted octanol–water partition coefficient (Wildman–Crippen LogP) is 1.06. The zero-order valence-electron chi connectivity index (χ0n) is 15.6. The van der Waals surface area contributed by atoms with Crippen molar-refractivity contribution in [2.45, 2.75) is 4.90 Å². The van der Waals surface area contributed by atoms with Crippen LogP contribution in [0.4, 0.5) is 5.69 Å². The summed E-state index contributed by atoms with van der Waals surface area (Å²) in [7, 11) is 0.621. The van der Waals surface area contributed by atoms with Gasteiger partial charge in [0.15, 0.2) is 18.1 Å².